The average Bonchev–Trinajstić information content (AvgIpc) is 3.55. The molecule has 0 aliphatic rings. The maximum atomic E-state index is 12.1. The molecule has 0 unspecified atom stereocenters. The standard InChI is InChI=1S/C13H12F3N3O.C12H13N3O2.C2H4F3N.CH4/c1-9-12(11(20)4-5-13(14,15)16)18-8-19(9)10-3-2-6-17-7-10;1-3-17-12(16)11-9(2)15(8-14-11)10-5-4-6-13-7-10;3-2(4,5)1-6;/h2-3,6-8H,4-5H2,1H3;4-8H,3H2,1-2H3;1,6H2;1H4. The third-order valence-electron chi connectivity index (χ3n) is 5.46. The van der Waals surface area contributed by atoms with Gasteiger partial charge in [-0.05, 0) is 45.0 Å². The molecule has 0 bridgehead atoms. The number of ether oxygens (including phenoxy) is 1. The van der Waals surface area contributed by atoms with Gasteiger partial charge in [-0.1, -0.05) is 7.43 Å². The summed E-state index contributed by atoms with van der Waals surface area (Å²) >= 11 is 0. The molecule has 4 heterocycles. The first-order chi connectivity index (χ1) is 20.2. The maximum absolute atomic E-state index is 12.1. The van der Waals surface area contributed by atoms with Gasteiger partial charge in [-0.2, -0.15) is 26.3 Å². The van der Waals surface area contributed by atoms with Crippen molar-refractivity contribution in [3.63, 3.8) is 0 Å². The first kappa shape index (κ1) is 37.4. The molecule has 0 aliphatic heterocycles. The molecule has 2 N–H and O–H groups in total. The topological polar surface area (TPSA) is 131 Å². The van der Waals surface area contributed by atoms with Gasteiger partial charge in [0, 0.05) is 18.8 Å². The zero-order valence-corrected chi connectivity index (χ0v) is 23.4. The summed E-state index contributed by atoms with van der Waals surface area (Å²) in [7, 11) is 0. The monoisotopic (exact) mass is 629 g/mol. The van der Waals surface area contributed by atoms with Crippen LogP contribution in [0.2, 0.25) is 0 Å². The number of rotatable bonds is 7. The molecule has 0 aromatic carbocycles. The van der Waals surface area contributed by atoms with Gasteiger partial charge in [-0.25, -0.2) is 14.8 Å². The van der Waals surface area contributed by atoms with Crippen molar-refractivity contribution in [2.75, 3.05) is 13.2 Å². The lowest BCUT2D eigenvalue weighted by molar-refractivity contribution is -0.133. The van der Waals surface area contributed by atoms with Crippen molar-refractivity contribution in [2.45, 2.75) is 53.4 Å². The predicted molar refractivity (Wildman–Crippen MR) is 150 cm³/mol. The Kier molecular flexibility index (Phi) is 14.4. The molecule has 10 nitrogen and oxygen atoms in total. The van der Waals surface area contributed by atoms with Crippen molar-refractivity contribution in [3.05, 3.63) is 84.5 Å². The summed E-state index contributed by atoms with van der Waals surface area (Å²) in [6.07, 6.45) is -0.643. The van der Waals surface area contributed by atoms with Crippen LogP contribution in [0.25, 0.3) is 11.4 Å². The molecule has 0 amide bonds. The first-order valence-electron chi connectivity index (χ1n) is 12.6. The van der Waals surface area contributed by atoms with E-state index in [4.69, 9.17) is 4.74 Å². The Balaban J connectivity index is 0.000000368. The number of alkyl halides is 6. The Labute approximate surface area is 249 Å². The number of halogens is 6. The fraction of sp³-hybridized carbons (Fsp3) is 0.357. The Morgan fingerprint density at radius 3 is 1.68 bits per heavy atom. The van der Waals surface area contributed by atoms with Crippen LogP contribution in [0.4, 0.5) is 26.3 Å². The van der Waals surface area contributed by atoms with Gasteiger partial charge in [0.2, 0.25) is 0 Å². The van der Waals surface area contributed by atoms with Gasteiger partial charge in [0.1, 0.15) is 18.3 Å². The van der Waals surface area contributed by atoms with Crippen LogP contribution in [-0.2, 0) is 4.74 Å². The number of carbonyl (C=O) groups is 2. The largest absolute Gasteiger partial charge is 0.461 e. The summed E-state index contributed by atoms with van der Waals surface area (Å²) in [5, 5.41) is 0. The summed E-state index contributed by atoms with van der Waals surface area (Å²) in [5.41, 5.74) is 7.41. The lowest BCUT2D eigenvalue weighted by Gasteiger charge is -2.06. The van der Waals surface area contributed by atoms with Crippen LogP contribution < -0.4 is 5.73 Å². The average molecular weight is 630 g/mol. The SMILES string of the molecule is C.CCOC(=O)c1ncn(-c2cccnc2)c1C.Cc1c(C(=O)CCC(F)(F)F)ncn1-c1cccnc1.NCC(F)(F)F. The number of imidazole rings is 2. The van der Waals surface area contributed by atoms with Crippen LogP contribution in [-0.4, -0.2) is 66.3 Å². The van der Waals surface area contributed by atoms with Gasteiger partial charge in [-0.15, -0.1) is 0 Å². The third kappa shape index (κ3) is 11.6. The van der Waals surface area contributed by atoms with Crippen molar-refractivity contribution in [3.8, 4) is 11.4 Å². The first-order valence-corrected chi connectivity index (χ1v) is 12.6. The molecule has 0 saturated carbocycles. The fourth-order valence-corrected chi connectivity index (χ4v) is 3.38. The molecule has 4 rings (SSSR count). The summed E-state index contributed by atoms with van der Waals surface area (Å²) in [6.45, 7) is 4.35. The second-order valence-electron chi connectivity index (χ2n) is 8.60. The molecule has 240 valence electrons. The number of hydrogen-bond acceptors (Lipinski definition) is 8. The molecule has 4 aromatic heterocycles. The van der Waals surface area contributed by atoms with Gasteiger partial charge < -0.3 is 19.6 Å². The molecule has 0 radical (unpaired) electrons. The van der Waals surface area contributed by atoms with Gasteiger partial charge in [0.25, 0.3) is 0 Å². The summed E-state index contributed by atoms with van der Waals surface area (Å²) in [6, 6.07) is 7.22. The Hall–Kier alpha value is -4.60. The number of carbonyl (C=O) groups excluding carboxylic acids is 2. The highest BCUT2D eigenvalue weighted by atomic mass is 19.4. The molecule has 0 spiro atoms. The molecule has 4 aromatic rings. The van der Waals surface area contributed by atoms with E-state index in [1.54, 1.807) is 66.2 Å². The highest BCUT2D eigenvalue weighted by Crippen LogP contribution is 2.23. The van der Waals surface area contributed by atoms with E-state index in [1.165, 1.54) is 6.33 Å². The van der Waals surface area contributed by atoms with Crippen molar-refractivity contribution < 1.29 is 40.7 Å². The zero-order valence-electron chi connectivity index (χ0n) is 23.4. The minimum absolute atomic E-state index is 0. The second-order valence-corrected chi connectivity index (χ2v) is 8.60. The quantitative estimate of drug-likeness (QED) is 0.150. The molecular formula is C28H33F6N7O3. The molecule has 0 saturated heterocycles. The Bertz CT molecular complexity index is 1450. The molecule has 0 aliphatic carbocycles. The van der Waals surface area contributed by atoms with E-state index in [9.17, 15) is 35.9 Å². The van der Waals surface area contributed by atoms with Crippen molar-refractivity contribution in [1.82, 2.24) is 29.1 Å². The summed E-state index contributed by atoms with van der Waals surface area (Å²) in [4.78, 5) is 39.3. The second kappa shape index (κ2) is 16.9. The minimum Gasteiger partial charge on any atom is -0.461 e. The van der Waals surface area contributed by atoms with Crippen LogP contribution in [0.5, 0.6) is 0 Å². The van der Waals surface area contributed by atoms with E-state index in [-0.39, 0.29) is 13.1 Å². The summed E-state index contributed by atoms with van der Waals surface area (Å²) in [5.74, 6) is -1.00. The smallest absolute Gasteiger partial charge is 0.400 e. The van der Waals surface area contributed by atoms with E-state index in [0.717, 1.165) is 11.4 Å². The number of ketones is 1. The number of pyridine rings is 2. The van der Waals surface area contributed by atoms with E-state index in [0.29, 0.717) is 23.7 Å². The van der Waals surface area contributed by atoms with Gasteiger partial charge in [0.15, 0.2) is 11.5 Å². The van der Waals surface area contributed by atoms with Gasteiger partial charge in [-0.3, -0.25) is 14.8 Å². The number of aromatic nitrogens is 6. The zero-order chi connectivity index (χ0) is 32.2. The Morgan fingerprint density at radius 1 is 0.841 bits per heavy atom. The van der Waals surface area contributed by atoms with E-state index >= 15 is 0 Å². The number of esters is 1. The van der Waals surface area contributed by atoms with Crippen LogP contribution in [0.15, 0.2) is 61.7 Å². The molecule has 0 atom stereocenters. The highest BCUT2D eigenvalue weighted by molar-refractivity contribution is 5.95. The summed E-state index contributed by atoms with van der Waals surface area (Å²) < 4.78 is 76.7. The minimum atomic E-state index is -4.34. The van der Waals surface area contributed by atoms with Crippen LogP contribution in [0.3, 0.4) is 0 Å². The van der Waals surface area contributed by atoms with Crippen LogP contribution in [0, 0.1) is 13.8 Å². The number of nitrogens with two attached hydrogens (primary N) is 1. The van der Waals surface area contributed by atoms with E-state index in [2.05, 4.69) is 25.7 Å². The number of Topliss-reactive ketones (excluding diaryl/α,β-unsaturated/α-hetero) is 1. The molecule has 44 heavy (non-hydrogen) atoms. The predicted octanol–water partition coefficient (Wildman–Crippen LogP) is 6.00. The lowest BCUT2D eigenvalue weighted by atomic mass is 10.1. The highest BCUT2D eigenvalue weighted by Gasteiger charge is 2.29. The molecule has 16 heteroatoms. The third-order valence-corrected chi connectivity index (χ3v) is 5.46. The fourth-order valence-electron chi connectivity index (χ4n) is 3.38. The van der Waals surface area contributed by atoms with Crippen molar-refractivity contribution in [1.29, 1.82) is 0 Å². The van der Waals surface area contributed by atoms with Crippen LogP contribution in [0.1, 0.15) is 59.6 Å². The van der Waals surface area contributed by atoms with Crippen molar-refractivity contribution >= 4 is 11.8 Å². The van der Waals surface area contributed by atoms with Gasteiger partial charge >= 0.3 is 18.3 Å². The van der Waals surface area contributed by atoms with E-state index in [1.807, 2.05) is 19.1 Å². The normalized spacial score (nSPS) is 10.9. The maximum Gasteiger partial charge on any atom is 0.400 e. The number of nitrogens with zero attached hydrogens (tertiary/aromatic N) is 6. The van der Waals surface area contributed by atoms with Gasteiger partial charge in [0.05, 0.1) is 54.7 Å². The van der Waals surface area contributed by atoms with Crippen LogP contribution >= 0.6 is 0 Å². The molecular weight excluding hydrogens is 596 g/mol. The number of hydrogen-bond donors (Lipinski definition) is 1. The van der Waals surface area contributed by atoms with E-state index < -0.39 is 43.5 Å². The molecule has 0 fully saturated rings. The lowest BCUT2D eigenvalue weighted by Crippen LogP contribution is -2.21. The van der Waals surface area contributed by atoms with Crippen molar-refractivity contribution in [2.24, 2.45) is 5.73 Å². The Morgan fingerprint density at radius 2 is 1.30 bits per heavy atom.